The van der Waals surface area contributed by atoms with Crippen molar-refractivity contribution < 1.29 is 9.53 Å². The molecule has 0 radical (unpaired) electrons. The van der Waals surface area contributed by atoms with Crippen LogP contribution in [0.4, 0.5) is 4.79 Å². The van der Waals surface area contributed by atoms with E-state index in [1.165, 1.54) is 0 Å². The lowest BCUT2D eigenvalue weighted by molar-refractivity contribution is 0.0204. The fourth-order valence-electron chi connectivity index (χ4n) is 3.54. The largest absolute Gasteiger partial charge is 0.444 e. The molecule has 2 aromatic heterocycles. The van der Waals surface area contributed by atoms with Crippen molar-refractivity contribution in [2.24, 2.45) is 0 Å². The van der Waals surface area contributed by atoms with E-state index in [9.17, 15) is 4.79 Å². The normalized spacial score (nSPS) is 15.2. The minimum Gasteiger partial charge on any atom is -0.444 e. The molecule has 4 rings (SSSR count). The third kappa shape index (κ3) is 5.04. The van der Waals surface area contributed by atoms with Crippen molar-refractivity contribution in [3.63, 3.8) is 0 Å². The maximum Gasteiger partial charge on any atom is 0.410 e. The molecule has 9 nitrogen and oxygen atoms in total. The van der Waals surface area contributed by atoms with Gasteiger partial charge in [0.15, 0.2) is 5.82 Å². The van der Waals surface area contributed by atoms with E-state index in [1.807, 2.05) is 55.9 Å². The summed E-state index contributed by atoms with van der Waals surface area (Å²) in [4.78, 5) is 14.0. The van der Waals surface area contributed by atoms with Crippen LogP contribution in [-0.2, 0) is 4.74 Å². The Morgan fingerprint density at radius 3 is 2.26 bits per heavy atom. The molecule has 0 bridgehead atoms. The van der Waals surface area contributed by atoms with Gasteiger partial charge < -0.3 is 9.64 Å². The zero-order chi connectivity index (χ0) is 22.0. The second kappa shape index (κ2) is 8.41. The van der Waals surface area contributed by atoms with Crippen LogP contribution in [0.25, 0.3) is 17.1 Å². The highest BCUT2D eigenvalue weighted by Gasteiger charge is 2.28. The van der Waals surface area contributed by atoms with E-state index >= 15 is 0 Å². The first kappa shape index (κ1) is 20.9. The molecule has 0 aliphatic carbocycles. The Kier molecular flexibility index (Phi) is 5.67. The van der Waals surface area contributed by atoms with Gasteiger partial charge in [0.25, 0.3) is 0 Å². The van der Waals surface area contributed by atoms with Crippen molar-refractivity contribution >= 4 is 6.09 Å². The Labute approximate surface area is 181 Å². The van der Waals surface area contributed by atoms with Crippen molar-refractivity contribution in [1.29, 1.82) is 0 Å². The number of carbonyl (C=O) groups excluding carboxylic acids is 1. The molecule has 0 spiro atoms. The van der Waals surface area contributed by atoms with Crippen LogP contribution in [0.1, 0.15) is 51.0 Å². The lowest BCUT2D eigenvalue weighted by Crippen LogP contribution is -2.41. The Hall–Kier alpha value is -3.36. The SMILES string of the molecule is Cc1nnc(-c2ccc(-n3ccc(C4CCN(C(=O)OC(C)(C)C)CC4)n3)cc2)nn1. The summed E-state index contributed by atoms with van der Waals surface area (Å²) in [6.07, 6.45) is 3.48. The number of amides is 1. The average Bonchev–Trinajstić information content (AvgIpc) is 3.24. The summed E-state index contributed by atoms with van der Waals surface area (Å²) in [6, 6.07) is 9.87. The van der Waals surface area contributed by atoms with E-state index in [1.54, 1.807) is 11.8 Å². The zero-order valence-electron chi connectivity index (χ0n) is 18.3. The minimum absolute atomic E-state index is 0.237. The van der Waals surface area contributed by atoms with E-state index < -0.39 is 5.60 Å². The molecule has 1 aliphatic heterocycles. The molecule has 0 atom stereocenters. The summed E-state index contributed by atoms with van der Waals surface area (Å²) in [6.45, 7) is 8.78. The number of benzene rings is 1. The molecule has 3 heterocycles. The first-order valence-electron chi connectivity index (χ1n) is 10.5. The number of hydrogen-bond donors (Lipinski definition) is 0. The summed E-state index contributed by atoms with van der Waals surface area (Å²) in [5.74, 6) is 1.37. The van der Waals surface area contributed by atoms with Crippen molar-refractivity contribution in [2.45, 2.75) is 52.1 Å². The molecule has 9 heteroatoms. The van der Waals surface area contributed by atoms with Crippen LogP contribution in [-0.4, -0.2) is 59.9 Å². The minimum atomic E-state index is -0.471. The number of rotatable bonds is 3. The molecular formula is C22H27N7O2. The van der Waals surface area contributed by atoms with Gasteiger partial charge in [-0.1, -0.05) is 0 Å². The summed E-state index contributed by atoms with van der Waals surface area (Å²) in [5.41, 5.74) is 2.38. The molecule has 1 aromatic carbocycles. The van der Waals surface area contributed by atoms with Gasteiger partial charge in [0.05, 0.1) is 11.4 Å². The van der Waals surface area contributed by atoms with Crippen molar-refractivity contribution in [3.05, 3.63) is 48.0 Å². The first-order valence-corrected chi connectivity index (χ1v) is 10.5. The molecule has 0 unspecified atom stereocenters. The first-order chi connectivity index (χ1) is 14.8. The lowest BCUT2D eigenvalue weighted by Gasteiger charge is -2.32. The highest BCUT2D eigenvalue weighted by Crippen LogP contribution is 2.28. The second-order valence-corrected chi connectivity index (χ2v) is 8.74. The Morgan fingerprint density at radius 1 is 1.00 bits per heavy atom. The summed E-state index contributed by atoms with van der Waals surface area (Å²) in [7, 11) is 0. The number of piperidine rings is 1. The number of carbonyl (C=O) groups is 1. The van der Waals surface area contributed by atoms with Crippen LogP contribution in [0.15, 0.2) is 36.5 Å². The number of nitrogens with zero attached hydrogens (tertiary/aromatic N) is 7. The Bertz CT molecular complexity index is 1030. The van der Waals surface area contributed by atoms with E-state index in [0.717, 1.165) is 29.8 Å². The third-order valence-corrected chi connectivity index (χ3v) is 5.14. The van der Waals surface area contributed by atoms with E-state index in [2.05, 4.69) is 26.5 Å². The Balaban J connectivity index is 1.39. The van der Waals surface area contributed by atoms with E-state index in [-0.39, 0.29) is 6.09 Å². The fraction of sp³-hybridized carbons (Fsp3) is 0.455. The molecular weight excluding hydrogens is 394 g/mol. The van der Waals surface area contributed by atoms with Gasteiger partial charge in [0.1, 0.15) is 5.60 Å². The number of likely N-dealkylation sites (tertiary alicyclic amines) is 1. The number of aromatic nitrogens is 6. The van der Waals surface area contributed by atoms with Crippen LogP contribution in [0.5, 0.6) is 0 Å². The lowest BCUT2D eigenvalue weighted by atomic mass is 9.94. The van der Waals surface area contributed by atoms with Gasteiger partial charge in [0, 0.05) is 30.8 Å². The highest BCUT2D eigenvalue weighted by molar-refractivity contribution is 5.68. The van der Waals surface area contributed by atoms with Crippen LogP contribution in [0.2, 0.25) is 0 Å². The summed E-state index contributed by atoms with van der Waals surface area (Å²) < 4.78 is 7.34. The van der Waals surface area contributed by atoms with Gasteiger partial charge in [-0.15, -0.1) is 20.4 Å². The number of hydrogen-bond acceptors (Lipinski definition) is 7. The molecule has 162 valence electrons. The standard InChI is InChI=1S/C22H27N7O2/c1-15-23-25-20(26-24-15)17-5-7-18(8-6-17)29-14-11-19(27-29)16-9-12-28(13-10-16)21(30)31-22(2,3)4/h5-8,11,14,16H,9-10,12-13H2,1-4H3. The number of aryl methyl sites for hydroxylation is 1. The molecule has 0 N–H and O–H groups in total. The average molecular weight is 422 g/mol. The van der Waals surface area contributed by atoms with Gasteiger partial charge in [0.2, 0.25) is 5.82 Å². The van der Waals surface area contributed by atoms with Crippen LogP contribution in [0, 0.1) is 6.92 Å². The van der Waals surface area contributed by atoms with E-state index in [4.69, 9.17) is 9.84 Å². The predicted octanol–water partition coefficient (Wildman–Crippen LogP) is 3.54. The summed E-state index contributed by atoms with van der Waals surface area (Å²) >= 11 is 0. The van der Waals surface area contributed by atoms with Crippen LogP contribution >= 0.6 is 0 Å². The maximum atomic E-state index is 12.3. The fourth-order valence-corrected chi connectivity index (χ4v) is 3.54. The molecule has 1 fully saturated rings. The van der Waals surface area contributed by atoms with Crippen molar-refractivity contribution in [3.8, 4) is 17.1 Å². The molecule has 1 aliphatic rings. The Morgan fingerprint density at radius 2 is 1.65 bits per heavy atom. The predicted molar refractivity (Wildman–Crippen MR) is 115 cm³/mol. The molecule has 1 amide bonds. The number of ether oxygens (including phenoxy) is 1. The van der Waals surface area contributed by atoms with Crippen molar-refractivity contribution in [2.75, 3.05) is 13.1 Å². The smallest absolute Gasteiger partial charge is 0.410 e. The van der Waals surface area contributed by atoms with E-state index in [0.29, 0.717) is 30.7 Å². The highest BCUT2D eigenvalue weighted by atomic mass is 16.6. The van der Waals surface area contributed by atoms with Gasteiger partial charge in [-0.3, -0.25) is 0 Å². The van der Waals surface area contributed by atoms with Gasteiger partial charge in [-0.2, -0.15) is 5.10 Å². The topological polar surface area (TPSA) is 98.9 Å². The maximum absolute atomic E-state index is 12.3. The van der Waals surface area contributed by atoms with Gasteiger partial charge >= 0.3 is 6.09 Å². The molecule has 31 heavy (non-hydrogen) atoms. The second-order valence-electron chi connectivity index (χ2n) is 8.74. The van der Waals surface area contributed by atoms with Crippen LogP contribution < -0.4 is 0 Å². The molecule has 0 saturated carbocycles. The molecule has 1 saturated heterocycles. The van der Waals surface area contributed by atoms with Crippen molar-refractivity contribution in [1.82, 2.24) is 35.1 Å². The van der Waals surface area contributed by atoms with Crippen LogP contribution in [0.3, 0.4) is 0 Å². The quantitative estimate of drug-likeness (QED) is 0.638. The van der Waals surface area contributed by atoms with Gasteiger partial charge in [-0.05, 0) is 70.9 Å². The summed E-state index contributed by atoms with van der Waals surface area (Å²) in [5, 5.41) is 20.8. The monoisotopic (exact) mass is 421 g/mol. The third-order valence-electron chi connectivity index (χ3n) is 5.14. The zero-order valence-corrected chi connectivity index (χ0v) is 18.3. The molecule has 3 aromatic rings. The van der Waals surface area contributed by atoms with Gasteiger partial charge in [-0.25, -0.2) is 9.48 Å².